The van der Waals surface area contributed by atoms with Crippen LogP contribution in [0.15, 0.2) is 34.9 Å². The molecule has 9 heteroatoms. The van der Waals surface area contributed by atoms with Gasteiger partial charge in [-0.1, -0.05) is 0 Å². The van der Waals surface area contributed by atoms with Gasteiger partial charge < -0.3 is 29.8 Å². The Balaban J connectivity index is 2.29. The fourth-order valence-corrected chi connectivity index (χ4v) is 3.25. The van der Waals surface area contributed by atoms with Crippen LogP contribution in [0.3, 0.4) is 0 Å². The number of fused-ring (bicyclic) bond motifs is 1. The van der Waals surface area contributed by atoms with E-state index >= 15 is 0 Å². The van der Waals surface area contributed by atoms with E-state index in [4.69, 9.17) is 24.7 Å². The first-order valence-corrected chi connectivity index (χ1v) is 8.45. The third-order valence-electron chi connectivity index (χ3n) is 4.40. The Hall–Kier alpha value is -3.51. The average Bonchev–Trinajstić information content (AvgIpc) is 2.66. The number of rotatable bonds is 4. The maximum atomic E-state index is 12.6. The van der Waals surface area contributed by atoms with Crippen molar-refractivity contribution < 1.29 is 33.6 Å². The van der Waals surface area contributed by atoms with E-state index in [1.54, 1.807) is 6.92 Å². The minimum atomic E-state index is -1.17. The molecule has 0 radical (unpaired) electrons. The second-order valence-electron chi connectivity index (χ2n) is 6.08. The van der Waals surface area contributed by atoms with Gasteiger partial charge in [-0.05, 0) is 26.0 Å². The molecular formula is C19H18N2O7. The lowest BCUT2D eigenvalue weighted by Gasteiger charge is -2.30. The highest BCUT2D eigenvalue weighted by Crippen LogP contribution is 2.45. The fraction of sp³-hybridized carbons (Fsp3) is 0.316. The molecule has 1 unspecified atom stereocenters. The van der Waals surface area contributed by atoms with Gasteiger partial charge in [-0.25, -0.2) is 9.59 Å². The Morgan fingerprint density at radius 2 is 2.18 bits per heavy atom. The van der Waals surface area contributed by atoms with E-state index in [2.05, 4.69) is 0 Å². The molecule has 2 aliphatic rings. The van der Waals surface area contributed by atoms with Crippen LogP contribution in [0.2, 0.25) is 0 Å². The molecule has 0 saturated heterocycles. The van der Waals surface area contributed by atoms with E-state index < -0.39 is 17.9 Å². The molecule has 146 valence electrons. The van der Waals surface area contributed by atoms with Crippen molar-refractivity contribution in [3.8, 4) is 11.8 Å². The minimum Gasteiger partial charge on any atom is -0.478 e. The average molecular weight is 386 g/mol. The molecule has 0 fully saturated rings. The molecule has 0 aromatic heterocycles. The number of carbonyl (C=O) groups excluding carboxylic acids is 1. The first-order valence-electron chi connectivity index (χ1n) is 8.45. The molecule has 28 heavy (non-hydrogen) atoms. The predicted molar refractivity (Wildman–Crippen MR) is 93.7 cm³/mol. The van der Waals surface area contributed by atoms with E-state index in [0.29, 0.717) is 16.9 Å². The van der Waals surface area contributed by atoms with Crippen LogP contribution in [0.1, 0.15) is 41.3 Å². The second kappa shape index (κ2) is 7.62. The summed E-state index contributed by atoms with van der Waals surface area (Å²) in [5.74, 6) is -2.51. The number of nitrogens with zero attached hydrogens (tertiary/aromatic N) is 1. The summed E-state index contributed by atoms with van der Waals surface area (Å²) in [7, 11) is 0. The van der Waals surface area contributed by atoms with Crippen molar-refractivity contribution in [2.24, 2.45) is 5.73 Å². The molecule has 0 aliphatic carbocycles. The molecule has 0 amide bonds. The van der Waals surface area contributed by atoms with Gasteiger partial charge in [-0.15, -0.1) is 0 Å². The van der Waals surface area contributed by atoms with Crippen molar-refractivity contribution in [2.45, 2.75) is 26.4 Å². The SMILES string of the molecule is CCOC(=O)C1=C(C)OC(N)=C(C#N)C1c1cc(C(=O)O)cc2c1OCOC2. The summed E-state index contributed by atoms with van der Waals surface area (Å²) in [5, 5.41) is 19.2. The maximum absolute atomic E-state index is 12.6. The Morgan fingerprint density at radius 1 is 1.43 bits per heavy atom. The standard InChI is InChI=1S/C19H18N2O7/c1-3-26-19(24)14-9(2)28-17(21)13(6-20)15(14)12-5-10(18(22)23)4-11-7-25-8-27-16(11)12/h4-5,15H,3,7-8,21H2,1-2H3,(H,22,23). The van der Waals surface area contributed by atoms with Gasteiger partial charge in [0.2, 0.25) is 5.88 Å². The van der Waals surface area contributed by atoms with Crippen molar-refractivity contribution in [3.05, 3.63) is 51.6 Å². The van der Waals surface area contributed by atoms with Gasteiger partial charge >= 0.3 is 11.9 Å². The summed E-state index contributed by atoms with van der Waals surface area (Å²) in [6.07, 6.45) is 0. The summed E-state index contributed by atoms with van der Waals surface area (Å²) >= 11 is 0. The van der Waals surface area contributed by atoms with Crippen LogP contribution in [0.5, 0.6) is 5.75 Å². The van der Waals surface area contributed by atoms with Crippen LogP contribution in [-0.2, 0) is 25.6 Å². The van der Waals surface area contributed by atoms with Gasteiger partial charge in [0.1, 0.15) is 23.2 Å². The first kappa shape index (κ1) is 19.3. The lowest BCUT2D eigenvalue weighted by Crippen LogP contribution is -2.27. The van der Waals surface area contributed by atoms with Crippen molar-refractivity contribution in [3.63, 3.8) is 0 Å². The number of nitriles is 1. The Labute approximate surface area is 160 Å². The normalized spacial score (nSPS) is 18.5. The predicted octanol–water partition coefficient (Wildman–Crippen LogP) is 1.90. The Bertz CT molecular complexity index is 956. The number of nitrogens with two attached hydrogens (primary N) is 1. The molecule has 0 spiro atoms. The second-order valence-corrected chi connectivity index (χ2v) is 6.08. The zero-order valence-electron chi connectivity index (χ0n) is 15.3. The molecule has 1 aromatic carbocycles. The molecule has 2 heterocycles. The van der Waals surface area contributed by atoms with Gasteiger partial charge in [-0.3, -0.25) is 0 Å². The molecule has 2 aliphatic heterocycles. The Kier molecular flexibility index (Phi) is 5.24. The van der Waals surface area contributed by atoms with E-state index in [-0.39, 0.29) is 48.4 Å². The van der Waals surface area contributed by atoms with E-state index in [1.165, 1.54) is 19.1 Å². The number of carboxylic acid groups (broad SMARTS) is 1. The zero-order valence-corrected chi connectivity index (χ0v) is 15.3. The van der Waals surface area contributed by atoms with Gasteiger partial charge in [0.15, 0.2) is 6.79 Å². The molecule has 1 aromatic rings. The number of carboxylic acids is 1. The van der Waals surface area contributed by atoms with Gasteiger partial charge in [-0.2, -0.15) is 5.26 Å². The van der Waals surface area contributed by atoms with Crippen molar-refractivity contribution in [2.75, 3.05) is 13.4 Å². The maximum Gasteiger partial charge on any atom is 0.338 e. The first-order chi connectivity index (χ1) is 13.4. The van der Waals surface area contributed by atoms with Crippen LogP contribution in [-0.4, -0.2) is 30.4 Å². The van der Waals surface area contributed by atoms with Gasteiger partial charge in [0.05, 0.1) is 30.3 Å². The lowest BCUT2D eigenvalue weighted by molar-refractivity contribution is -0.139. The molecule has 0 bridgehead atoms. The topological polar surface area (TPSA) is 141 Å². The molecule has 0 saturated carbocycles. The van der Waals surface area contributed by atoms with Crippen LogP contribution in [0.4, 0.5) is 0 Å². The van der Waals surface area contributed by atoms with Crippen molar-refractivity contribution in [1.82, 2.24) is 0 Å². The third-order valence-corrected chi connectivity index (χ3v) is 4.40. The molecule has 1 atom stereocenters. The summed E-state index contributed by atoms with van der Waals surface area (Å²) in [4.78, 5) is 24.2. The smallest absolute Gasteiger partial charge is 0.338 e. The number of hydrogen-bond donors (Lipinski definition) is 2. The van der Waals surface area contributed by atoms with Gasteiger partial charge in [0.25, 0.3) is 0 Å². The van der Waals surface area contributed by atoms with Gasteiger partial charge in [0, 0.05) is 11.1 Å². The molecular weight excluding hydrogens is 368 g/mol. The Morgan fingerprint density at radius 3 is 2.82 bits per heavy atom. The highest BCUT2D eigenvalue weighted by Gasteiger charge is 2.39. The number of ether oxygens (including phenoxy) is 4. The summed E-state index contributed by atoms with van der Waals surface area (Å²) in [5.41, 5.74) is 6.68. The number of aromatic carboxylic acids is 1. The summed E-state index contributed by atoms with van der Waals surface area (Å²) in [6.45, 7) is 3.37. The van der Waals surface area contributed by atoms with Crippen LogP contribution in [0.25, 0.3) is 0 Å². The summed E-state index contributed by atoms with van der Waals surface area (Å²) in [6, 6.07) is 4.75. The number of carbonyl (C=O) groups is 2. The van der Waals surface area contributed by atoms with E-state index in [9.17, 15) is 20.0 Å². The summed E-state index contributed by atoms with van der Waals surface area (Å²) < 4.78 is 21.3. The van der Waals surface area contributed by atoms with E-state index in [1.807, 2.05) is 6.07 Å². The molecule has 9 nitrogen and oxygen atoms in total. The number of allylic oxidation sites excluding steroid dienone is 2. The van der Waals surface area contributed by atoms with Crippen molar-refractivity contribution in [1.29, 1.82) is 5.26 Å². The molecule has 3 rings (SSSR count). The number of benzene rings is 1. The quantitative estimate of drug-likeness (QED) is 0.742. The highest BCUT2D eigenvalue weighted by atomic mass is 16.7. The van der Waals surface area contributed by atoms with Crippen LogP contribution < -0.4 is 10.5 Å². The van der Waals surface area contributed by atoms with Crippen LogP contribution in [0, 0.1) is 11.3 Å². The monoisotopic (exact) mass is 386 g/mol. The van der Waals surface area contributed by atoms with Crippen molar-refractivity contribution >= 4 is 11.9 Å². The lowest BCUT2D eigenvalue weighted by atomic mass is 9.81. The van der Waals surface area contributed by atoms with Crippen LogP contribution >= 0.6 is 0 Å². The highest BCUT2D eigenvalue weighted by molar-refractivity contribution is 5.94. The number of hydrogen-bond acceptors (Lipinski definition) is 8. The molecule has 3 N–H and O–H groups in total. The zero-order chi connectivity index (χ0) is 20.4. The minimum absolute atomic E-state index is 0.0338. The largest absolute Gasteiger partial charge is 0.478 e. The third kappa shape index (κ3) is 3.25. The van der Waals surface area contributed by atoms with E-state index in [0.717, 1.165) is 0 Å². The fourth-order valence-electron chi connectivity index (χ4n) is 3.25. The number of esters is 1.